The monoisotopic (exact) mass is 420 g/mol. The fraction of sp³-hybridized carbons (Fsp3) is 0.421. The minimum atomic E-state index is -3.62. The number of carbonyl (C=O) groups is 1. The Kier molecular flexibility index (Phi) is 4.33. The maximum Gasteiger partial charge on any atom is 0.250 e. The second kappa shape index (κ2) is 6.75. The van der Waals surface area contributed by atoms with Gasteiger partial charge in [0.1, 0.15) is 4.21 Å². The van der Waals surface area contributed by atoms with Crippen LogP contribution in [-0.4, -0.2) is 32.6 Å². The van der Waals surface area contributed by atoms with Gasteiger partial charge in [0.05, 0.1) is 0 Å². The molecule has 0 saturated heterocycles. The van der Waals surface area contributed by atoms with Gasteiger partial charge in [-0.3, -0.25) is 4.79 Å². The molecule has 9 heteroatoms. The molecule has 1 aromatic heterocycles. The maximum absolute atomic E-state index is 12.8. The minimum absolute atomic E-state index is 0.174. The first kappa shape index (κ1) is 18.0. The van der Waals surface area contributed by atoms with Crippen molar-refractivity contribution in [3.05, 3.63) is 40.3 Å². The average Bonchev–Trinajstić information content (AvgIpc) is 3.27. The summed E-state index contributed by atoms with van der Waals surface area (Å²) >= 11 is 1.30. The molecule has 148 valence electrons. The fourth-order valence-corrected chi connectivity index (χ4v) is 6.12. The van der Waals surface area contributed by atoms with Gasteiger partial charge in [-0.25, -0.2) is 13.1 Å². The van der Waals surface area contributed by atoms with Crippen molar-refractivity contribution >= 4 is 27.3 Å². The van der Waals surface area contributed by atoms with Gasteiger partial charge in [-0.05, 0) is 48.6 Å². The van der Waals surface area contributed by atoms with Gasteiger partial charge in [0.15, 0.2) is 11.5 Å². The number of ether oxygens (including phenoxy) is 2. The Labute approximate surface area is 167 Å². The summed E-state index contributed by atoms with van der Waals surface area (Å²) in [6.07, 6.45) is 2.68. The topological polar surface area (TPSA) is 84.9 Å². The normalized spacial score (nSPS) is 18.2. The maximum atomic E-state index is 12.8. The van der Waals surface area contributed by atoms with Crippen LogP contribution in [0.4, 0.5) is 0 Å². The lowest BCUT2D eigenvalue weighted by atomic mass is 10.1. The van der Waals surface area contributed by atoms with E-state index < -0.39 is 10.0 Å². The number of carbonyl (C=O) groups excluding carboxylic acids is 1. The number of nitrogens with one attached hydrogen (secondary N) is 1. The Bertz CT molecular complexity index is 1040. The number of hydrogen-bond donors (Lipinski definition) is 1. The van der Waals surface area contributed by atoms with Crippen LogP contribution in [0.5, 0.6) is 11.5 Å². The van der Waals surface area contributed by atoms with Crippen LogP contribution in [0.15, 0.2) is 28.5 Å². The Hall–Kier alpha value is -2.10. The van der Waals surface area contributed by atoms with Crippen molar-refractivity contribution in [1.82, 2.24) is 9.62 Å². The third-order valence-electron chi connectivity index (χ3n) is 5.25. The molecule has 1 aliphatic carbocycles. The first-order valence-corrected chi connectivity index (χ1v) is 11.6. The number of benzene rings is 1. The van der Waals surface area contributed by atoms with Gasteiger partial charge in [0, 0.05) is 30.4 Å². The van der Waals surface area contributed by atoms with E-state index in [1.807, 2.05) is 11.0 Å². The van der Waals surface area contributed by atoms with E-state index in [4.69, 9.17) is 9.47 Å². The smallest absolute Gasteiger partial charge is 0.250 e. The van der Waals surface area contributed by atoms with Gasteiger partial charge >= 0.3 is 0 Å². The van der Waals surface area contributed by atoms with E-state index in [2.05, 4.69) is 4.72 Å². The number of sulfonamides is 1. The molecule has 0 spiro atoms. The van der Waals surface area contributed by atoms with E-state index in [9.17, 15) is 13.2 Å². The number of thiophene rings is 1. The van der Waals surface area contributed by atoms with Crippen LogP contribution in [-0.2, 0) is 34.3 Å². The molecule has 1 amide bonds. The molecule has 2 aromatic rings. The second-order valence-corrected chi connectivity index (χ2v) is 10.4. The molecule has 0 atom stereocenters. The first-order chi connectivity index (χ1) is 13.5. The molecule has 0 radical (unpaired) electrons. The summed E-state index contributed by atoms with van der Waals surface area (Å²) in [5.41, 5.74) is 1.75. The third-order valence-corrected chi connectivity index (χ3v) is 8.36. The summed E-state index contributed by atoms with van der Waals surface area (Å²) in [6.45, 7) is 1.55. The second-order valence-electron chi connectivity index (χ2n) is 7.31. The van der Waals surface area contributed by atoms with E-state index in [0.717, 1.165) is 35.3 Å². The van der Waals surface area contributed by atoms with Crippen molar-refractivity contribution in [3.63, 3.8) is 0 Å². The van der Waals surface area contributed by atoms with Crippen LogP contribution >= 0.6 is 11.3 Å². The van der Waals surface area contributed by atoms with E-state index in [-0.39, 0.29) is 25.2 Å². The molecule has 0 unspecified atom stereocenters. The minimum Gasteiger partial charge on any atom is -0.454 e. The number of hydrogen-bond acceptors (Lipinski definition) is 6. The summed E-state index contributed by atoms with van der Waals surface area (Å²) in [4.78, 5) is 15.2. The van der Waals surface area contributed by atoms with Crippen LogP contribution in [0.25, 0.3) is 0 Å². The molecule has 1 aromatic carbocycles. The van der Waals surface area contributed by atoms with Crippen LogP contribution in [0.2, 0.25) is 0 Å². The molecule has 2 aliphatic heterocycles. The highest BCUT2D eigenvalue weighted by atomic mass is 32.2. The summed E-state index contributed by atoms with van der Waals surface area (Å²) in [5, 5.41) is 0. The zero-order valence-corrected chi connectivity index (χ0v) is 16.8. The lowest BCUT2D eigenvalue weighted by Gasteiger charge is -2.26. The van der Waals surface area contributed by atoms with Crippen LogP contribution in [0.3, 0.4) is 0 Å². The van der Waals surface area contributed by atoms with E-state index in [1.54, 1.807) is 18.2 Å². The van der Waals surface area contributed by atoms with Crippen molar-refractivity contribution in [1.29, 1.82) is 0 Å². The standard InChI is InChI=1S/C19H20N2O5S2/c22-19(13-2-3-13)21-6-5-17-14(10-21)8-18(27-17)28(23,24)20-9-12-1-4-15-16(7-12)26-11-25-15/h1,4,7-8,13,20H,2-3,5-6,9-11H2. The fourth-order valence-electron chi connectivity index (χ4n) is 3.52. The third kappa shape index (κ3) is 3.38. The molecule has 3 aliphatic rings. The van der Waals surface area contributed by atoms with Gasteiger partial charge in [0.2, 0.25) is 22.7 Å². The SMILES string of the molecule is O=C(C1CC1)N1CCc2sc(S(=O)(=O)NCc3ccc4c(c3)OCO4)cc2C1. The molecule has 1 fully saturated rings. The number of fused-ring (bicyclic) bond motifs is 2. The lowest BCUT2D eigenvalue weighted by molar-refractivity contribution is -0.133. The Morgan fingerprint density at radius 3 is 2.86 bits per heavy atom. The highest BCUT2D eigenvalue weighted by molar-refractivity contribution is 7.91. The summed E-state index contributed by atoms with van der Waals surface area (Å²) in [7, 11) is -3.62. The van der Waals surface area contributed by atoms with Gasteiger partial charge < -0.3 is 14.4 Å². The summed E-state index contributed by atoms with van der Waals surface area (Å²) in [5.74, 6) is 1.69. The first-order valence-electron chi connectivity index (χ1n) is 9.28. The predicted octanol–water partition coefficient (Wildman–Crippen LogP) is 2.25. The van der Waals surface area contributed by atoms with Crippen LogP contribution < -0.4 is 14.2 Å². The van der Waals surface area contributed by atoms with E-state index in [1.165, 1.54) is 11.3 Å². The van der Waals surface area contributed by atoms with Crippen molar-refractivity contribution in [2.45, 2.75) is 36.6 Å². The number of amides is 1. The van der Waals surface area contributed by atoms with Gasteiger partial charge in [-0.1, -0.05) is 6.07 Å². The molecule has 28 heavy (non-hydrogen) atoms. The molecule has 7 nitrogen and oxygen atoms in total. The molecule has 1 N–H and O–H groups in total. The molecular weight excluding hydrogens is 400 g/mol. The molecular formula is C19H20N2O5S2. The van der Waals surface area contributed by atoms with Crippen LogP contribution in [0, 0.1) is 5.92 Å². The summed E-state index contributed by atoms with van der Waals surface area (Å²) in [6, 6.07) is 7.10. The highest BCUT2D eigenvalue weighted by Crippen LogP contribution is 2.36. The lowest BCUT2D eigenvalue weighted by Crippen LogP contribution is -2.36. The van der Waals surface area contributed by atoms with Crippen molar-refractivity contribution < 1.29 is 22.7 Å². The van der Waals surface area contributed by atoms with E-state index >= 15 is 0 Å². The largest absolute Gasteiger partial charge is 0.454 e. The van der Waals surface area contributed by atoms with Gasteiger partial charge in [-0.15, -0.1) is 11.3 Å². The Balaban J connectivity index is 1.28. The molecule has 1 saturated carbocycles. The zero-order chi connectivity index (χ0) is 19.3. The Morgan fingerprint density at radius 1 is 1.21 bits per heavy atom. The van der Waals surface area contributed by atoms with Crippen molar-refractivity contribution in [2.24, 2.45) is 5.92 Å². The van der Waals surface area contributed by atoms with Gasteiger partial charge in [-0.2, -0.15) is 0 Å². The van der Waals surface area contributed by atoms with Crippen molar-refractivity contribution in [2.75, 3.05) is 13.3 Å². The highest BCUT2D eigenvalue weighted by Gasteiger charge is 2.35. The molecule has 0 bridgehead atoms. The quantitative estimate of drug-likeness (QED) is 0.802. The average molecular weight is 421 g/mol. The van der Waals surface area contributed by atoms with E-state index in [0.29, 0.717) is 28.8 Å². The van der Waals surface area contributed by atoms with Crippen LogP contribution in [0.1, 0.15) is 28.8 Å². The van der Waals surface area contributed by atoms with Crippen molar-refractivity contribution in [3.8, 4) is 11.5 Å². The summed E-state index contributed by atoms with van der Waals surface area (Å²) < 4.78 is 39.1. The van der Waals surface area contributed by atoms with Gasteiger partial charge in [0.25, 0.3) is 0 Å². The molecule has 5 rings (SSSR count). The number of nitrogens with zero attached hydrogens (tertiary/aromatic N) is 1. The predicted molar refractivity (Wildman–Crippen MR) is 103 cm³/mol. The molecule has 3 heterocycles. The zero-order valence-electron chi connectivity index (χ0n) is 15.1. The Morgan fingerprint density at radius 2 is 2.04 bits per heavy atom. The number of rotatable bonds is 5.